The monoisotopic (exact) mass is 462 g/mol. The molecule has 5 aromatic rings. The quantitative estimate of drug-likeness (QED) is 0.357. The number of para-hydroxylation sites is 3. The second-order valence-electron chi connectivity index (χ2n) is 7.95. The average molecular weight is 463 g/mol. The molecular formula is C28H22N4O3. The third-order valence-electron chi connectivity index (χ3n) is 5.59. The molecule has 0 atom stereocenters. The zero-order chi connectivity index (χ0) is 24.2. The van der Waals surface area contributed by atoms with Gasteiger partial charge in [-0.3, -0.25) is 14.2 Å². The number of anilines is 1. The molecule has 172 valence electrons. The van der Waals surface area contributed by atoms with Crippen molar-refractivity contribution in [1.82, 2.24) is 9.55 Å². The first-order valence-electron chi connectivity index (χ1n) is 11.0. The number of primary amides is 1. The largest absolute Gasteiger partial charge is 0.488 e. The van der Waals surface area contributed by atoms with Crippen molar-refractivity contribution >= 4 is 28.5 Å². The summed E-state index contributed by atoms with van der Waals surface area (Å²) in [5.74, 6) is -0.383. The Morgan fingerprint density at radius 2 is 1.66 bits per heavy atom. The van der Waals surface area contributed by atoms with Gasteiger partial charge in [0, 0.05) is 16.9 Å². The highest BCUT2D eigenvalue weighted by molar-refractivity contribution is 6.04. The van der Waals surface area contributed by atoms with Crippen LogP contribution in [0.4, 0.5) is 5.69 Å². The smallest absolute Gasteiger partial charge is 0.255 e. The first-order valence-corrected chi connectivity index (χ1v) is 11.0. The van der Waals surface area contributed by atoms with Crippen LogP contribution in [0.15, 0.2) is 103 Å². The second kappa shape index (κ2) is 9.52. The SMILES string of the molecule is NC(=O)c1ccccc1OCc1cccc(C(=O)Nc2ccc(-n3cnc4ccccc43)cc2)c1. The summed E-state index contributed by atoms with van der Waals surface area (Å²) in [6.07, 6.45) is 1.79. The standard InChI is InChI=1S/C28H22N4O3/c29-27(33)23-8-1-4-11-26(23)35-17-19-6-5-7-20(16-19)28(34)31-21-12-14-22(15-13-21)32-18-30-24-9-2-3-10-25(24)32/h1-16,18H,17H2,(H2,29,33)(H,31,34). The van der Waals surface area contributed by atoms with E-state index < -0.39 is 5.91 Å². The van der Waals surface area contributed by atoms with Gasteiger partial charge in [-0.15, -0.1) is 0 Å². The maximum atomic E-state index is 12.8. The molecule has 0 saturated carbocycles. The van der Waals surface area contributed by atoms with E-state index in [1.807, 2.05) is 59.2 Å². The molecule has 1 aromatic heterocycles. The van der Waals surface area contributed by atoms with Gasteiger partial charge < -0.3 is 15.8 Å². The van der Waals surface area contributed by atoms with Crippen LogP contribution < -0.4 is 15.8 Å². The van der Waals surface area contributed by atoms with Crippen molar-refractivity contribution in [3.8, 4) is 11.4 Å². The molecule has 3 N–H and O–H groups in total. The molecule has 0 unspecified atom stereocenters. The molecule has 0 spiro atoms. The summed E-state index contributed by atoms with van der Waals surface area (Å²) in [7, 11) is 0. The lowest BCUT2D eigenvalue weighted by Gasteiger charge is -2.11. The van der Waals surface area contributed by atoms with Gasteiger partial charge in [0.1, 0.15) is 18.7 Å². The number of rotatable bonds is 7. The normalized spacial score (nSPS) is 10.7. The van der Waals surface area contributed by atoms with E-state index in [1.54, 1.807) is 48.8 Å². The van der Waals surface area contributed by atoms with Gasteiger partial charge in [0.25, 0.3) is 11.8 Å². The summed E-state index contributed by atoms with van der Waals surface area (Å²) in [5.41, 5.74) is 10.6. The molecule has 35 heavy (non-hydrogen) atoms. The van der Waals surface area contributed by atoms with Gasteiger partial charge in [-0.1, -0.05) is 36.4 Å². The van der Waals surface area contributed by atoms with E-state index >= 15 is 0 Å². The molecule has 1 heterocycles. The molecule has 2 amide bonds. The van der Waals surface area contributed by atoms with Gasteiger partial charge in [0.2, 0.25) is 0 Å². The Morgan fingerprint density at radius 1 is 0.886 bits per heavy atom. The van der Waals surface area contributed by atoms with Crippen LogP contribution in [-0.4, -0.2) is 21.4 Å². The van der Waals surface area contributed by atoms with E-state index in [4.69, 9.17) is 10.5 Å². The van der Waals surface area contributed by atoms with Gasteiger partial charge in [-0.05, 0) is 66.2 Å². The van der Waals surface area contributed by atoms with Gasteiger partial charge >= 0.3 is 0 Å². The molecule has 0 radical (unpaired) electrons. The Kier molecular flexibility index (Phi) is 5.96. The third-order valence-corrected chi connectivity index (χ3v) is 5.59. The molecule has 0 aliphatic rings. The maximum Gasteiger partial charge on any atom is 0.255 e. The molecule has 7 nitrogen and oxygen atoms in total. The van der Waals surface area contributed by atoms with Crippen LogP contribution in [0, 0.1) is 0 Å². The first-order chi connectivity index (χ1) is 17.1. The number of fused-ring (bicyclic) bond motifs is 1. The number of hydrogen-bond acceptors (Lipinski definition) is 4. The van der Waals surface area contributed by atoms with Crippen LogP contribution in [0.5, 0.6) is 5.75 Å². The zero-order valence-corrected chi connectivity index (χ0v) is 18.7. The highest BCUT2D eigenvalue weighted by Crippen LogP contribution is 2.21. The molecule has 0 saturated heterocycles. The number of carbonyl (C=O) groups excluding carboxylic acids is 2. The molecule has 7 heteroatoms. The van der Waals surface area contributed by atoms with E-state index in [2.05, 4.69) is 10.3 Å². The van der Waals surface area contributed by atoms with Crippen LogP contribution in [0.25, 0.3) is 16.7 Å². The lowest BCUT2D eigenvalue weighted by Crippen LogP contribution is -2.13. The lowest BCUT2D eigenvalue weighted by atomic mass is 10.1. The van der Waals surface area contributed by atoms with Gasteiger partial charge in [-0.25, -0.2) is 4.98 Å². The molecule has 5 rings (SSSR count). The number of carbonyl (C=O) groups is 2. The Morgan fingerprint density at radius 3 is 2.49 bits per heavy atom. The molecular weight excluding hydrogens is 440 g/mol. The number of nitrogens with two attached hydrogens (primary N) is 1. The topological polar surface area (TPSA) is 99.2 Å². The van der Waals surface area contributed by atoms with Crippen molar-refractivity contribution in [3.63, 3.8) is 0 Å². The number of benzene rings is 4. The molecule has 0 aliphatic carbocycles. The summed E-state index contributed by atoms with van der Waals surface area (Å²) < 4.78 is 7.78. The van der Waals surface area contributed by atoms with Crippen molar-refractivity contribution in [2.75, 3.05) is 5.32 Å². The van der Waals surface area contributed by atoms with Crippen molar-refractivity contribution < 1.29 is 14.3 Å². The van der Waals surface area contributed by atoms with Crippen LogP contribution >= 0.6 is 0 Å². The highest BCUT2D eigenvalue weighted by atomic mass is 16.5. The van der Waals surface area contributed by atoms with Crippen LogP contribution in [0.1, 0.15) is 26.3 Å². The van der Waals surface area contributed by atoms with Crippen LogP contribution in [-0.2, 0) is 6.61 Å². The van der Waals surface area contributed by atoms with Gasteiger partial charge in [0.05, 0.1) is 16.6 Å². The Labute approximate surface area is 201 Å². The minimum Gasteiger partial charge on any atom is -0.488 e. The zero-order valence-electron chi connectivity index (χ0n) is 18.7. The van der Waals surface area contributed by atoms with Crippen molar-refractivity contribution in [2.24, 2.45) is 5.73 Å². The predicted octanol–water partition coefficient (Wildman–Crippen LogP) is 4.96. The Bertz CT molecular complexity index is 1520. The number of nitrogens with one attached hydrogen (secondary N) is 1. The number of nitrogens with zero attached hydrogens (tertiary/aromatic N) is 2. The predicted molar refractivity (Wildman–Crippen MR) is 135 cm³/mol. The van der Waals surface area contributed by atoms with E-state index in [1.165, 1.54) is 0 Å². The second-order valence-corrected chi connectivity index (χ2v) is 7.95. The van der Waals surface area contributed by atoms with E-state index in [0.717, 1.165) is 22.3 Å². The summed E-state index contributed by atoms with van der Waals surface area (Å²) in [5, 5.41) is 2.93. The van der Waals surface area contributed by atoms with E-state index in [-0.39, 0.29) is 12.5 Å². The van der Waals surface area contributed by atoms with Crippen LogP contribution in [0.3, 0.4) is 0 Å². The number of aromatic nitrogens is 2. The fourth-order valence-electron chi connectivity index (χ4n) is 3.83. The van der Waals surface area contributed by atoms with Gasteiger partial charge in [0.15, 0.2) is 0 Å². The number of ether oxygens (including phenoxy) is 1. The third kappa shape index (κ3) is 4.74. The molecule has 0 bridgehead atoms. The minimum atomic E-state index is -0.555. The number of imidazole rings is 1. The Hall–Kier alpha value is -4.91. The summed E-state index contributed by atoms with van der Waals surface area (Å²) in [4.78, 5) is 28.8. The van der Waals surface area contributed by atoms with Crippen molar-refractivity contribution in [1.29, 1.82) is 0 Å². The fourth-order valence-corrected chi connectivity index (χ4v) is 3.83. The van der Waals surface area contributed by atoms with Crippen LogP contribution in [0.2, 0.25) is 0 Å². The fraction of sp³-hybridized carbons (Fsp3) is 0.0357. The summed E-state index contributed by atoms with van der Waals surface area (Å²) in [6, 6.07) is 29.4. The summed E-state index contributed by atoms with van der Waals surface area (Å²) >= 11 is 0. The average Bonchev–Trinajstić information content (AvgIpc) is 3.32. The molecule has 4 aromatic carbocycles. The van der Waals surface area contributed by atoms with Crippen molar-refractivity contribution in [2.45, 2.75) is 6.61 Å². The molecule has 0 fully saturated rings. The maximum absolute atomic E-state index is 12.8. The molecule has 0 aliphatic heterocycles. The van der Waals surface area contributed by atoms with Crippen molar-refractivity contribution in [3.05, 3.63) is 120 Å². The summed E-state index contributed by atoms with van der Waals surface area (Å²) in [6.45, 7) is 0.193. The Balaban J connectivity index is 1.26. The highest BCUT2D eigenvalue weighted by Gasteiger charge is 2.11. The lowest BCUT2D eigenvalue weighted by molar-refractivity contribution is 0.0994. The first kappa shape index (κ1) is 21.9. The number of hydrogen-bond donors (Lipinski definition) is 2. The number of amides is 2. The van der Waals surface area contributed by atoms with Gasteiger partial charge in [-0.2, -0.15) is 0 Å². The minimum absolute atomic E-state index is 0.193. The van der Waals surface area contributed by atoms with E-state index in [9.17, 15) is 9.59 Å². The van der Waals surface area contributed by atoms with E-state index in [0.29, 0.717) is 22.6 Å².